The molecule has 6 nitrogen and oxygen atoms in total. The first kappa shape index (κ1) is 18.7. The van der Waals surface area contributed by atoms with Gasteiger partial charge in [0.25, 0.3) is 10.0 Å². The molecule has 0 saturated heterocycles. The molecule has 3 aromatic carbocycles. The van der Waals surface area contributed by atoms with Gasteiger partial charge in [0.05, 0.1) is 24.8 Å². The highest BCUT2D eigenvalue weighted by atomic mass is 32.2. The number of fused-ring (bicyclic) bond motifs is 1. The highest BCUT2D eigenvalue weighted by Crippen LogP contribution is 2.27. The molecule has 3 rings (SSSR count). The Balaban J connectivity index is 1.78. The quantitative estimate of drug-likeness (QED) is 0.499. The summed E-state index contributed by atoms with van der Waals surface area (Å²) in [6.45, 7) is 2.36. The molecule has 0 amide bonds. The zero-order valence-corrected chi connectivity index (χ0v) is 15.9. The van der Waals surface area contributed by atoms with Crippen molar-refractivity contribution >= 4 is 27.0 Å². The summed E-state index contributed by atoms with van der Waals surface area (Å²) in [6.07, 6.45) is 1.42. The summed E-state index contributed by atoms with van der Waals surface area (Å²) in [5.41, 5.74) is 0.681. The van der Waals surface area contributed by atoms with Gasteiger partial charge in [0.1, 0.15) is 0 Å². The van der Waals surface area contributed by atoms with E-state index in [2.05, 4.69) is 9.93 Å². The van der Waals surface area contributed by atoms with Crippen LogP contribution in [0.15, 0.2) is 70.7 Å². The van der Waals surface area contributed by atoms with Gasteiger partial charge in [0.15, 0.2) is 11.5 Å². The van der Waals surface area contributed by atoms with Crippen LogP contribution in [-0.2, 0) is 10.0 Å². The molecule has 27 heavy (non-hydrogen) atoms. The fraction of sp³-hybridized carbons (Fsp3) is 0.150. The van der Waals surface area contributed by atoms with Crippen molar-refractivity contribution in [3.63, 3.8) is 0 Å². The molecule has 0 atom stereocenters. The predicted octanol–water partition coefficient (Wildman–Crippen LogP) is 3.56. The largest absolute Gasteiger partial charge is 0.493 e. The number of nitrogens with zero attached hydrogens (tertiary/aromatic N) is 1. The van der Waals surface area contributed by atoms with E-state index in [9.17, 15) is 8.42 Å². The van der Waals surface area contributed by atoms with Crippen LogP contribution < -0.4 is 14.3 Å². The molecule has 0 heterocycles. The third kappa shape index (κ3) is 4.38. The van der Waals surface area contributed by atoms with Gasteiger partial charge in [0.2, 0.25) is 0 Å². The molecule has 0 unspecified atom stereocenters. The number of hydrazone groups is 1. The highest BCUT2D eigenvalue weighted by Gasteiger charge is 2.13. The Morgan fingerprint density at radius 1 is 1.00 bits per heavy atom. The Kier molecular flexibility index (Phi) is 5.61. The zero-order valence-electron chi connectivity index (χ0n) is 15.0. The molecular formula is C20H20N2O4S. The molecule has 3 aromatic rings. The lowest BCUT2D eigenvalue weighted by Crippen LogP contribution is -2.18. The first-order valence-electron chi connectivity index (χ1n) is 8.38. The van der Waals surface area contributed by atoms with Crippen LogP contribution in [0.5, 0.6) is 11.5 Å². The van der Waals surface area contributed by atoms with E-state index >= 15 is 0 Å². The average molecular weight is 384 g/mol. The molecule has 0 saturated carbocycles. The molecular weight excluding hydrogens is 364 g/mol. The summed E-state index contributed by atoms with van der Waals surface area (Å²) in [4.78, 5) is 2.39. The van der Waals surface area contributed by atoms with Gasteiger partial charge in [-0.2, -0.15) is 13.5 Å². The van der Waals surface area contributed by atoms with Crippen LogP contribution >= 0.6 is 0 Å². The fourth-order valence-corrected chi connectivity index (χ4v) is 3.43. The summed E-state index contributed by atoms with van der Waals surface area (Å²) < 4.78 is 35.7. The average Bonchev–Trinajstić information content (AvgIpc) is 2.68. The summed E-state index contributed by atoms with van der Waals surface area (Å²) >= 11 is 0. The number of nitrogens with one attached hydrogen (secondary N) is 1. The summed E-state index contributed by atoms with van der Waals surface area (Å²) in [5.74, 6) is 1.17. The van der Waals surface area contributed by atoms with E-state index in [0.29, 0.717) is 23.7 Å². The summed E-state index contributed by atoms with van der Waals surface area (Å²) in [5, 5.41) is 5.69. The molecule has 0 radical (unpaired) electrons. The second kappa shape index (κ2) is 8.09. The van der Waals surface area contributed by atoms with Gasteiger partial charge in [0, 0.05) is 0 Å². The molecule has 7 heteroatoms. The van der Waals surface area contributed by atoms with Gasteiger partial charge in [-0.05, 0) is 53.6 Å². The molecule has 1 N–H and O–H groups in total. The van der Waals surface area contributed by atoms with Crippen molar-refractivity contribution in [3.8, 4) is 11.5 Å². The number of hydrogen-bond donors (Lipinski definition) is 1. The Morgan fingerprint density at radius 2 is 1.78 bits per heavy atom. The van der Waals surface area contributed by atoms with Gasteiger partial charge >= 0.3 is 0 Å². The van der Waals surface area contributed by atoms with E-state index in [4.69, 9.17) is 9.47 Å². The lowest BCUT2D eigenvalue weighted by molar-refractivity contribution is 0.311. The van der Waals surface area contributed by atoms with Crippen LogP contribution in [0.2, 0.25) is 0 Å². The summed E-state index contributed by atoms with van der Waals surface area (Å²) in [6, 6.07) is 17.7. The number of hydrogen-bond acceptors (Lipinski definition) is 5. The van der Waals surface area contributed by atoms with Crippen LogP contribution in [-0.4, -0.2) is 28.3 Å². The molecule has 0 aliphatic heterocycles. The van der Waals surface area contributed by atoms with E-state index in [-0.39, 0.29) is 4.90 Å². The predicted molar refractivity (Wildman–Crippen MR) is 106 cm³/mol. The Labute approximate surface area is 158 Å². The van der Waals surface area contributed by atoms with Crippen LogP contribution in [0.25, 0.3) is 10.8 Å². The first-order valence-corrected chi connectivity index (χ1v) is 9.86. The maximum Gasteiger partial charge on any atom is 0.276 e. The Bertz CT molecular complexity index is 1080. The minimum Gasteiger partial charge on any atom is -0.493 e. The van der Waals surface area contributed by atoms with Crippen molar-refractivity contribution in [1.82, 2.24) is 4.83 Å². The summed E-state index contributed by atoms with van der Waals surface area (Å²) in [7, 11) is -2.20. The monoisotopic (exact) mass is 384 g/mol. The second-order valence-electron chi connectivity index (χ2n) is 5.71. The lowest BCUT2D eigenvalue weighted by Gasteiger charge is -2.09. The van der Waals surface area contributed by atoms with E-state index in [0.717, 1.165) is 10.8 Å². The maximum atomic E-state index is 12.5. The number of ether oxygens (including phenoxy) is 2. The van der Waals surface area contributed by atoms with Crippen molar-refractivity contribution in [2.45, 2.75) is 11.8 Å². The topological polar surface area (TPSA) is 77.0 Å². The molecule has 140 valence electrons. The number of sulfonamides is 1. The van der Waals surface area contributed by atoms with Gasteiger partial charge in [-0.3, -0.25) is 0 Å². The minimum atomic E-state index is -3.76. The van der Waals surface area contributed by atoms with E-state index in [1.165, 1.54) is 6.21 Å². The normalized spacial score (nSPS) is 11.6. The molecule has 0 fully saturated rings. The van der Waals surface area contributed by atoms with Gasteiger partial charge in [-0.1, -0.05) is 30.3 Å². The standard InChI is InChI=1S/C20H20N2O4S/c1-3-26-20-12-15(8-11-19(20)25-2)14-21-22-27(23,24)18-10-9-16-6-4-5-7-17(16)13-18/h4-14,22H,3H2,1-2H3. The molecule has 0 aliphatic rings. The zero-order chi connectivity index (χ0) is 19.3. The number of benzene rings is 3. The van der Waals surface area contributed by atoms with Crippen molar-refractivity contribution < 1.29 is 17.9 Å². The Morgan fingerprint density at radius 3 is 2.52 bits per heavy atom. The molecule has 0 aromatic heterocycles. The van der Waals surface area contributed by atoms with Crippen LogP contribution in [0.3, 0.4) is 0 Å². The SMILES string of the molecule is CCOc1cc(C=NNS(=O)(=O)c2ccc3ccccc3c2)ccc1OC. The second-order valence-corrected chi connectivity index (χ2v) is 7.37. The minimum absolute atomic E-state index is 0.156. The lowest BCUT2D eigenvalue weighted by atomic mass is 10.1. The first-order chi connectivity index (χ1) is 13.0. The fourth-order valence-electron chi connectivity index (χ4n) is 2.60. The van der Waals surface area contributed by atoms with Crippen LogP contribution in [0.1, 0.15) is 12.5 Å². The van der Waals surface area contributed by atoms with E-state index < -0.39 is 10.0 Å². The van der Waals surface area contributed by atoms with Gasteiger partial charge < -0.3 is 9.47 Å². The molecule has 0 aliphatic carbocycles. The number of rotatable bonds is 7. The van der Waals surface area contributed by atoms with Crippen molar-refractivity contribution in [1.29, 1.82) is 0 Å². The highest BCUT2D eigenvalue weighted by molar-refractivity contribution is 7.89. The third-order valence-electron chi connectivity index (χ3n) is 3.91. The van der Waals surface area contributed by atoms with Crippen LogP contribution in [0, 0.1) is 0 Å². The van der Waals surface area contributed by atoms with E-state index in [1.54, 1.807) is 43.5 Å². The van der Waals surface area contributed by atoms with E-state index in [1.807, 2.05) is 31.2 Å². The molecule has 0 spiro atoms. The smallest absolute Gasteiger partial charge is 0.276 e. The van der Waals surface area contributed by atoms with Gasteiger partial charge in [-0.15, -0.1) is 0 Å². The Hall–Kier alpha value is -3.06. The van der Waals surface area contributed by atoms with Crippen molar-refractivity contribution in [2.24, 2.45) is 5.10 Å². The maximum absolute atomic E-state index is 12.5. The number of methoxy groups -OCH3 is 1. The van der Waals surface area contributed by atoms with Crippen LogP contribution in [0.4, 0.5) is 0 Å². The van der Waals surface area contributed by atoms with Gasteiger partial charge in [-0.25, -0.2) is 4.83 Å². The third-order valence-corrected chi connectivity index (χ3v) is 5.13. The molecule has 0 bridgehead atoms. The van der Waals surface area contributed by atoms with Crippen molar-refractivity contribution in [2.75, 3.05) is 13.7 Å². The van der Waals surface area contributed by atoms with Crippen molar-refractivity contribution in [3.05, 3.63) is 66.2 Å².